The first-order chi connectivity index (χ1) is 7.67. The van der Waals surface area contributed by atoms with Gasteiger partial charge in [-0.25, -0.2) is 0 Å². The molecule has 16 heavy (non-hydrogen) atoms. The molecule has 0 aliphatic heterocycles. The van der Waals surface area contributed by atoms with E-state index in [9.17, 15) is 9.59 Å². The fraction of sp³-hybridized carbons (Fsp3) is 0.538. The van der Waals surface area contributed by atoms with E-state index in [1.165, 1.54) is 7.11 Å². The summed E-state index contributed by atoms with van der Waals surface area (Å²) in [5.41, 5.74) is 1.10. The summed E-state index contributed by atoms with van der Waals surface area (Å²) in [4.78, 5) is 22.3. The molecule has 0 aromatic rings. The van der Waals surface area contributed by atoms with Crippen LogP contribution in [0.15, 0.2) is 11.6 Å². The third kappa shape index (κ3) is 3.54. The summed E-state index contributed by atoms with van der Waals surface area (Å²) in [7, 11) is 1.37. The SMILES string of the molecule is CC#CC(CC(=O)OC)C1=CCC(=O)CC1. The van der Waals surface area contributed by atoms with Gasteiger partial charge < -0.3 is 4.74 Å². The second-order valence-corrected chi connectivity index (χ2v) is 3.75. The predicted octanol–water partition coefficient (Wildman–Crippen LogP) is 1.87. The van der Waals surface area contributed by atoms with Crippen LogP contribution in [0.25, 0.3) is 0 Å². The summed E-state index contributed by atoms with van der Waals surface area (Å²) in [5, 5.41) is 0. The maximum absolute atomic E-state index is 11.2. The third-order valence-electron chi connectivity index (χ3n) is 2.65. The second-order valence-electron chi connectivity index (χ2n) is 3.75. The largest absolute Gasteiger partial charge is 0.469 e. The van der Waals surface area contributed by atoms with E-state index >= 15 is 0 Å². The molecular weight excluding hydrogens is 204 g/mol. The van der Waals surface area contributed by atoms with Gasteiger partial charge in [-0.05, 0) is 13.3 Å². The van der Waals surface area contributed by atoms with Gasteiger partial charge in [0.2, 0.25) is 0 Å². The Hall–Kier alpha value is -1.56. The zero-order chi connectivity index (χ0) is 12.0. The molecule has 0 fully saturated rings. The topological polar surface area (TPSA) is 43.4 Å². The van der Waals surface area contributed by atoms with Crippen LogP contribution in [-0.2, 0) is 14.3 Å². The maximum atomic E-state index is 11.2. The standard InChI is InChI=1S/C13H16O3/c1-3-4-11(9-13(15)16-2)10-5-7-12(14)8-6-10/h5,11H,6-9H2,1-2H3. The van der Waals surface area contributed by atoms with Crippen LogP contribution in [0, 0.1) is 17.8 Å². The van der Waals surface area contributed by atoms with Gasteiger partial charge in [0.1, 0.15) is 5.78 Å². The van der Waals surface area contributed by atoms with Crippen LogP contribution in [0.3, 0.4) is 0 Å². The zero-order valence-corrected chi connectivity index (χ0v) is 9.71. The quantitative estimate of drug-likeness (QED) is 0.414. The lowest BCUT2D eigenvalue weighted by Crippen LogP contribution is -2.14. The van der Waals surface area contributed by atoms with Gasteiger partial charge >= 0.3 is 5.97 Å². The molecule has 0 radical (unpaired) electrons. The van der Waals surface area contributed by atoms with E-state index in [1.807, 2.05) is 6.08 Å². The lowest BCUT2D eigenvalue weighted by molar-refractivity contribution is -0.141. The molecule has 3 heteroatoms. The highest BCUT2D eigenvalue weighted by atomic mass is 16.5. The first-order valence-corrected chi connectivity index (χ1v) is 5.37. The van der Waals surface area contributed by atoms with Crippen LogP contribution < -0.4 is 0 Å². The molecule has 1 atom stereocenters. The summed E-state index contributed by atoms with van der Waals surface area (Å²) >= 11 is 0. The fourth-order valence-corrected chi connectivity index (χ4v) is 1.75. The Morgan fingerprint density at radius 2 is 2.31 bits per heavy atom. The van der Waals surface area contributed by atoms with Gasteiger partial charge in [0.05, 0.1) is 19.4 Å². The number of allylic oxidation sites excluding steroid dienone is 2. The van der Waals surface area contributed by atoms with Gasteiger partial charge in [0.15, 0.2) is 0 Å². The molecule has 0 aromatic carbocycles. The van der Waals surface area contributed by atoms with Gasteiger partial charge in [0, 0.05) is 12.8 Å². The molecular formula is C13H16O3. The number of esters is 1. The van der Waals surface area contributed by atoms with Crippen molar-refractivity contribution in [2.45, 2.75) is 32.6 Å². The van der Waals surface area contributed by atoms with Crippen molar-refractivity contribution in [1.29, 1.82) is 0 Å². The number of methoxy groups -OCH3 is 1. The van der Waals surface area contributed by atoms with Crippen molar-refractivity contribution >= 4 is 11.8 Å². The minimum Gasteiger partial charge on any atom is -0.469 e. The smallest absolute Gasteiger partial charge is 0.307 e. The molecule has 1 unspecified atom stereocenters. The third-order valence-corrected chi connectivity index (χ3v) is 2.65. The molecule has 0 aromatic heterocycles. The van der Waals surface area contributed by atoms with Gasteiger partial charge in [-0.2, -0.15) is 0 Å². The van der Waals surface area contributed by atoms with E-state index in [1.54, 1.807) is 6.92 Å². The van der Waals surface area contributed by atoms with Gasteiger partial charge in [-0.15, -0.1) is 5.92 Å². The number of ether oxygens (including phenoxy) is 1. The van der Waals surface area contributed by atoms with Crippen molar-refractivity contribution < 1.29 is 14.3 Å². The van der Waals surface area contributed by atoms with Crippen LogP contribution >= 0.6 is 0 Å². The highest BCUT2D eigenvalue weighted by Gasteiger charge is 2.20. The minimum absolute atomic E-state index is 0.0921. The molecule has 0 N–H and O–H groups in total. The van der Waals surface area contributed by atoms with Crippen LogP contribution in [0.4, 0.5) is 0 Å². The van der Waals surface area contributed by atoms with Crippen LogP contribution in [-0.4, -0.2) is 18.9 Å². The Morgan fingerprint density at radius 1 is 1.56 bits per heavy atom. The molecule has 86 valence electrons. The summed E-state index contributed by atoms with van der Waals surface area (Å²) in [5.74, 6) is 5.73. The number of rotatable bonds is 3. The van der Waals surface area contributed by atoms with Crippen molar-refractivity contribution in [3.8, 4) is 11.8 Å². The number of ketones is 1. The minimum atomic E-state index is -0.259. The van der Waals surface area contributed by atoms with E-state index in [2.05, 4.69) is 16.6 Å². The highest BCUT2D eigenvalue weighted by Crippen LogP contribution is 2.25. The number of carbonyl (C=O) groups excluding carboxylic acids is 2. The van der Waals surface area contributed by atoms with E-state index in [0.29, 0.717) is 12.8 Å². The maximum Gasteiger partial charge on any atom is 0.307 e. The van der Waals surface area contributed by atoms with Gasteiger partial charge in [-0.1, -0.05) is 17.6 Å². The van der Waals surface area contributed by atoms with Crippen LogP contribution in [0.1, 0.15) is 32.6 Å². The molecule has 0 heterocycles. The monoisotopic (exact) mass is 220 g/mol. The van der Waals surface area contributed by atoms with Crippen molar-refractivity contribution in [2.24, 2.45) is 5.92 Å². The van der Waals surface area contributed by atoms with Crippen molar-refractivity contribution in [2.75, 3.05) is 7.11 Å². The Morgan fingerprint density at radius 3 is 2.81 bits per heavy atom. The molecule has 0 saturated carbocycles. The molecule has 0 saturated heterocycles. The average Bonchev–Trinajstić information content (AvgIpc) is 2.29. The molecule has 1 aliphatic rings. The van der Waals surface area contributed by atoms with Crippen molar-refractivity contribution in [3.05, 3.63) is 11.6 Å². The lowest BCUT2D eigenvalue weighted by Gasteiger charge is -2.17. The van der Waals surface area contributed by atoms with Crippen LogP contribution in [0.2, 0.25) is 0 Å². The van der Waals surface area contributed by atoms with Crippen molar-refractivity contribution in [1.82, 2.24) is 0 Å². The number of hydrogen-bond acceptors (Lipinski definition) is 3. The summed E-state index contributed by atoms with van der Waals surface area (Å²) in [6.07, 6.45) is 3.93. The Bertz CT molecular complexity index is 368. The van der Waals surface area contributed by atoms with E-state index < -0.39 is 0 Å². The van der Waals surface area contributed by atoms with Gasteiger partial charge in [-0.3, -0.25) is 9.59 Å². The number of hydrogen-bond donors (Lipinski definition) is 0. The summed E-state index contributed by atoms with van der Waals surface area (Å²) < 4.78 is 4.64. The molecule has 1 aliphatic carbocycles. The average molecular weight is 220 g/mol. The Balaban J connectivity index is 2.72. The van der Waals surface area contributed by atoms with Gasteiger partial charge in [0.25, 0.3) is 0 Å². The number of Topliss-reactive ketones (excluding diaryl/α,β-unsaturated/α-hetero) is 1. The Kier molecular flexibility index (Phi) is 4.78. The second kappa shape index (κ2) is 6.12. The van der Waals surface area contributed by atoms with Crippen molar-refractivity contribution in [3.63, 3.8) is 0 Å². The predicted molar refractivity (Wildman–Crippen MR) is 60.5 cm³/mol. The molecule has 1 rings (SSSR count). The molecule has 0 spiro atoms. The Labute approximate surface area is 95.9 Å². The van der Waals surface area contributed by atoms with E-state index in [-0.39, 0.29) is 24.1 Å². The lowest BCUT2D eigenvalue weighted by atomic mass is 9.87. The number of carbonyl (C=O) groups is 2. The molecule has 0 bridgehead atoms. The summed E-state index contributed by atoms with van der Waals surface area (Å²) in [6.45, 7) is 1.75. The fourth-order valence-electron chi connectivity index (χ4n) is 1.75. The molecule has 0 amide bonds. The first-order valence-electron chi connectivity index (χ1n) is 5.37. The summed E-state index contributed by atoms with van der Waals surface area (Å²) in [6, 6.07) is 0. The van der Waals surface area contributed by atoms with E-state index in [4.69, 9.17) is 0 Å². The van der Waals surface area contributed by atoms with Crippen LogP contribution in [0.5, 0.6) is 0 Å². The normalized spacial score (nSPS) is 16.9. The zero-order valence-electron chi connectivity index (χ0n) is 9.71. The molecule has 3 nitrogen and oxygen atoms in total. The first kappa shape index (κ1) is 12.5. The highest BCUT2D eigenvalue weighted by molar-refractivity contribution is 5.81. The van der Waals surface area contributed by atoms with E-state index in [0.717, 1.165) is 12.0 Å².